The van der Waals surface area contributed by atoms with Gasteiger partial charge in [-0.25, -0.2) is 16.8 Å². The van der Waals surface area contributed by atoms with Crippen molar-refractivity contribution in [3.63, 3.8) is 0 Å². The fraction of sp³-hybridized carbons (Fsp3) is 0.190. The molecule has 4 rings (SSSR count). The maximum Gasteiger partial charge on any atom is 1.00 e. The molecule has 2 heterocycles. The molecule has 1 aliphatic heterocycles. The molecule has 0 spiro atoms. The molecule has 3 aromatic rings. The van der Waals surface area contributed by atoms with Crippen LogP contribution in [0.4, 0.5) is 5.69 Å². The fourth-order valence-electron chi connectivity index (χ4n) is 3.51. The monoisotopic (exact) mass is 582 g/mol. The van der Waals surface area contributed by atoms with E-state index in [9.17, 15) is 25.9 Å². The molecule has 0 N–H and O–H groups in total. The van der Waals surface area contributed by atoms with Gasteiger partial charge in [0.25, 0.3) is 5.52 Å². The van der Waals surface area contributed by atoms with Gasteiger partial charge in [-0.2, -0.15) is 0 Å². The van der Waals surface area contributed by atoms with Crippen molar-refractivity contribution < 1.29 is 69.2 Å². The van der Waals surface area contributed by atoms with Crippen molar-refractivity contribution in [2.45, 2.75) is 19.2 Å². The molecule has 36 heavy (non-hydrogen) atoms. The number of halogens is 2. The molecule has 0 bridgehead atoms. The Morgan fingerprint density at radius 3 is 2.36 bits per heavy atom. The first-order chi connectivity index (χ1) is 16.3. The summed E-state index contributed by atoms with van der Waals surface area (Å²) in [5.74, 6) is -1.43. The van der Waals surface area contributed by atoms with Crippen LogP contribution in [0.5, 0.6) is 5.75 Å². The van der Waals surface area contributed by atoms with Gasteiger partial charge in [-0.15, -0.1) is 4.57 Å². The standard InChI is InChI=1S/C21H18Cl2N2O8S2.Na/c1-2-13(7-20-24(11-34(26,27)28)16-9-14(22)3-5-18(16)32-20)8-21-25(12-35(29,30)31)17-10-15(23)4-6-19(17)33-21;/h3-10H,2,11-12H2,1H3,(H-,26,27,28,29,30,31);/q;+1/p-1. The first-order valence-corrected chi connectivity index (χ1v) is 13.9. The number of hydrogen-bond donors (Lipinski definition) is 0. The van der Waals surface area contributed by atoms with Crippen molar-refractivity contribution in [1.82, 2.24) is 0 Å². The minimum atomic E-state index is -4.69. The van der Waals surface area contributed by atoms with E-state index in [-0.39, 0.29) is 41.3 Å². The number of fused-ring (bicyclic) bond motifs is 2. The predicted octanol–water partition coefficient (Wildman–Crippen LogP) is 0.570. The number of nitrogens with zero attached hydrogens (tertiary/aromatic N) is 2. The Balaban J connectivity index is 0.00000361. The van der Waals surface area contributed by atoms with Crippen molar-refractivity contribution >= 4 is 66.3 Å². The van der Waals surface area contributed by atoms with Gasteiger partial charge in [0, 0.05) is 22.2 Å². The second-order valence-corrected chi connectivity index (χ2v) is 11.2. The Kier molecular flexibility index (Phi) is 8.86. The van der Waals surface area contributed by atoms with Gasteiger partial charge in [0.05, 0.1) is 11.8 Å². The Labute approximate surface area is 239 Å². The molecule has 0 saturated carbocycles. The predicted molar refractivity (Wildman–Crippen MR) is 127 cm³/mol. The summed E-state index contributed by atoms with van der Waals surface area (Å²) in [7, 11) is -9.38. The van der Waals surface area contributed by atoms with Gasteiger partial charge < -0.3 is 18.3 Å². The van der Waals surface area contributed by atoms with Crippen LogP contribution < -0.4 is 43.8 Å². The molecule has 0 aliphatic carbocycles. The van der Waals surface area contributed by atoms with Gasteiger partial charge >= 0.3 is 35.4 Å². The zero-order chi connectivity index (χ0) is 25.5. The van der Waals surface area contributed by atoms with Crippen LogP contribution in [-0.4, -0.2) is 31.8 Å². The van der Waals surface area contributed by atoms with E-state index in [1.807, 2.05) is 0 Å². The molecular weight excluding hydrogens is 566 g/mol. The Morgan fingerprint density at radius 1 is 1.06 bits per heavy atom. The third-order valence-corrected chi connectivity index (χ3v) is 6.60. The second kappa shape index (κ2) is 11.0. The summed E-state index contributed by atoms with van der Waals surface area (Å²) in [6, 6.07) is 9.11. The molecule has 0 amide bonds. The number of hydrogen-bond acceptors (Lipinski definition) is 9. The third kappa shape index (κ3) is 6.82. The first kappa shape index (κ1) is 29.0. The normalized spacial score (nSPS) is 15.2. The molecule has 0 atom stereocenters. The van der Waals surface area contributed by atoms with E-state index in [1.165, 1.54) is 45.9 Å². The van der Waals surface area contributed by atoms with Gasteiger partial charge in [-0.05, 0) is 42.3 Å². The number of anilines is 1. The summed E-state index contributed by atoms with van der Waals surface area (Å²) in [4.78, 5) is 1.17. The van der Waals surface area contributed by atoms with Gasteiger partial charge in [0.1, 0.15) is 16.0 Å². The molecule has 186 valence electrons. The summed E-state index contributed by atoms with van der Waals surface area (Å²) in [5.41, 5.74) is 1.40. The molecule has 10 nitrogen and oxygen atoms in total. The van der Waals surface area contributed by atoms with Crippen molar-refractivity contribution in [2.24, 2.45) is 0 Å². The minimum absolute atomic E-state index is 0. The zero-order valence-corrected chi connectivity index (χ0v) is 24.1. The van der Waals surface area contributed by atoms with Crippen molar-refractivity contribution in [1.29, 1.82) is 0 Å². The van der Waals surface area contributed by atoms with Crippen LogP contribution in [0.15, 0.2) is 58.3 Å². The van der Waals surface area contributed by atoms with Crippen LogP contribution >= 0.6 is 23.2 Å². The Hall–Kier alpha value is -1.61. The van der Waals surface area contributed by atoms with Crippen LogP contribution in [0, 0.1) is 0 Å². The first-order valence-electron chi connectivity index (χ1n) is 9.99. The van der Waals surface area contributed by atoms with E-state index in [1.54, 1.807) is 19.1 Å². The largest absolute Gasteiger partial charge is 1.00 e. The number of benzene rings is 2. The maximum atomic E-state index is 11.5. The van der Waals surface area contributed by atoms with E-state index < -0.39 is 32.0 Å². The molecule has 0 radical (unpaired) electrons. The van der Waals surface area contributed by atoms with Gasteiger partial charge in [-0.1, -0.05) is 30.1 Å². The van der Waals surface area contributed by atoms with E-state index in [4.69, 9.17) is 32.4 Å². The van der Waals surface area contributed by atoms with Gasteiger partial charge in [-0.3, -0.25) is 4.90 Å². The van der Waals surface area contributed by atoms with E-state index in [0.717, 1.165) is 0 Å². The van der Waals surface area contributed by atoms with Crippen LogP contribution in [0.3, 0.4) is 0 Å². The van der Waals surface area contributed by atoms with Crippen LogP contribution in [0.2, 0.25) is 10.0 Å². The maximum absolute atomic E-state index is 11.5. The van der Waals surface area contributed by atoms with Crippen LogP contribution in [0.25, 0.3) is 17.2 Å². The quantitative estimate of drug-likeness (QED) is 0.222. The molecule has 0 saturated heterocycles. The van der Waals surface area contributed by atoms with E-state index in [2.05, 4.69) is 0 Å². The fourth-order valence-corrected chi connectivity index (χ4v) is 5.01. The minimum Gasteiger partial charge on any atom is -0.747 e. The van der Waals surface area contributed by atoms with Gasteiger partial charge in [0.15, 0.2) is 15.9 Å². The SMILES string of the molecule is CCC(/C=C1\Oc2ccc(Cl)cc2N1CS(=O)(=O)[O-])=C\c1oc2ccc(Cl)cc2[n+]1CS(=O)(=O)[O-].[Na+]. The molecule has 0 unspecified atom stereocenters. The van der Waals surface area contributed by atoms with Crippen LogP contribution in [-0.2, 0) is 26.1 Å². The number of ether oxygens (including phenoxy) is 1. The summed E-state index contributed by atoms with van der Waals surface area (Å²) in [6.07, 6.45) is 3.33. The van der Waals surface area contributed by atoms with Crippen molar-refractivity contribution in [2.75, 3.05) is 10.8 Å². The number of rotatable bonds is 7. The van der Waals surface area contributed by atoms with Gasteiger partial charge in [0.2, 0.25) is 17.3 Å². The number of oxazole rings is 1. The average Bonchev–Trinajstić information content (AvgIpc) is 3.23. The molecule has 15 heteroatoms. The Morgan fingerprint density at radius 2 is 1.72 bits per heavy atom. The average molecular weight is 583 g/mol. The summed E-state index contributed by atoms with van der Waals surface area (Å²) in [6.45, 7) is 1.78. The Bertz CT molecular complexity index is 1600. The summed E-state index contributed by atoms with van der Waals surface area (Å²) < 4.78 is 81.9. The van der Waals surface area contributed by atoms with Crippen molar-refractivity contribution in [3.05, 3.63) is 69.9 Å². The summed E-state index contributed by atoms with van der Waals surface area (Å²) >= 11 is 12.1. The molecule has 0 fully saturated rings. The third-order valence-electron chi connectivity index (χ3n) is 4.99. The second-order valence-electron chi connectivity index (χ2n) is 7.55. The topological polar surface area (TPSA) is 144 Å². The molecular formula is C21H17Cl2N2NaO8S2. The zero-order valence-electron chi connectivity index (χ0n) is 19.0. The molecule has 1 aromatic heterocycles. The number of allylic oxidation sites excluding steroid dienone is 2. The van der Waals surface area contributed by atoms with E-state index >= 15 is 0 Å². The van der Waals surface area contributed by atoms with E-state index in [0.29, 0.717) is 44.6 Å². The molecule has 1 aliphatic rings. The number of aromatic nitrogens is 1. The van der Waals surface area contributed by atoms with Crippen LogP contribution in [0.1, 0.15) is 19.2 Å². The smallest absolute Gasteiger partial charge is 0.747 e. The van der Waals surface area contributed by atoms with Crippen molar-refractivity contribution in [3.8, 4) is 5.75 Å². The summed E-state index contributed by atoms with van der Waals surface area (Å²) in [5, 5.41) is 0.628. The molecule has 2 aromatic carbocycles.